The molecule has 12 aromatic heterocycles. The van der Waals surface area contributed by atoms with Crippen LogP contribution in [-0.4, -0.2) is 72.2 Å². The first-order chi connectivity index (χ1) is 69.6. The number of nitrogens with zero attached hydrogens (tertiary/aromatic N) is 8. The molecule has 0 spiro atoms. The van der Waals surface area contributed by atoms with Gasteiger partial charge in [0.2, 0.25) is 0 Å². The summed E-state index contributed by atoms with van der Waals surface area (Å²) in [5.74, 6) is 0. The Morgan fingerprint density at radius 2 is 0.534 bits per heavy atom. The predicted octanol–water partition coefficient (Wildman–Crippen LogP) is 31.4. The van der Waals surface area contributed by atoms with Crippen molar-refractivity contribution in [3.05, 3.63) is 460 Å². The zero-order valence-electron chi connectivity index (χ0n) is 85.5. The van der Waals surface area contributed by atoms with E-state index in [-0.39, 0.29) is 80.4 Å². The summed E-state index contributed by atoms with van der Waals surface area (Å²) in [5.41, 5.74) is 27.5. The second kappa shape index (κ2) is 50.9. The Balaban J connectivity index is 0.000000143. The minimum Gasteiger partial charge on any atom is -0.501 e. The number of fused-ring (bicyclic) bond motifs is 12. The van der Waals surface area contributed by atoms with Crippen LogP contribution in [0.5, 0.6) is 0 Å². The molecule has 0 fully saturated rings. The van der Waals surface area contributed by atoms with Crippen LogP contribution >= 0.6 is 0 Å². The molecule has 0 unspecified atom stereocenters. The molecule has 20 heteroatoms. The predicted molar refractivity (Wildman–Crippen MR) is 608 cm³/mol. The maximum absolute atomic E-state index is 6.26. The van der Waals surface area contributed by atoms with E-state index >= 15 is 0 Å². The Morgan fingerprint density at radius 1 is 0.203 bits per heavy atom. The Kier molecular flexibility index (Phi) is 38.4. The molecule has 12 nitrogen and oxygen atoms in total. The molecule has 0 N–H and O–H groups in total. The molecule has 0 aliphatic heterocycles. The van der Waals surface area contributed by atoms with E-state index in [4.69, 9.17) is 17.7 Å². The van der Waals surface area contributed by atoms with Crippen molar-refractivity contribution in [2.45, 2.75) is 106 Å². The average molecular weight is 2710 g/mol. The van der Waals surface area contributed by atoms with Crippen molar-refractivity contribution in [2.75, 3.05) is 0 Å². The van der Waals surface area contributed by atoms with Gasteiger partial charge in [0.15, 0.2) is 0 Å². The zero-order valence-corrected chi connectivity index (χ0v) is 99.1. The minimum absolute atomic E-state index is 0. The van der Waals surface area contributed by atoms with E-state index in [0.29, 0.717) is 0 Å². The van der Waals surface area contributed by atoms with Crippen molar-refractivity contribution in [3.8, 4) is 90.1 Å². The summed E-state index contributed by atoms with van der Waals surface area (Å²) in [5, 5.41) is 15.2. The Labute approximate surface area is 926 Å². The van der Waals surface area contributed by atoms with E-state index in [0.717, 1.165) is 151 Å². The first-order valence-electron chi connectivity index (χ1n) is 48.4. The third-order valence-electron chi connectivity index (χ3n) is 24.4. The molecule has 24 aromatic rings. The van der Waals surface area contributed by atoms with Gasteiger partial charge in [0.05, 0.1) is 46.6 Å². The van der Waals surface area contributed by atoms with Gasteiger partial charge in [-0.2, -0.15) is 0 Å². The van der Waals surface area contributed by atoms with Crippen LogP contribution in [0.2, 0.25) is 78.6 Å². The van der Waals surface area contributed by atoms with Gasteiger partial charge in [0, 0.05) is 160 Å². The van der Waals surface area contributed by atoms with E-state index in [1.54, 1.807) is 24.8 Å². The molecule has 0 saturated carbocycles. The maximum Gasteiger partial charge on any atom is 0.120 e. The number of aryl methyl sites for hydroxylation is 4. The van der Waals surface area contributed by atoms with Crippen molar-refractivity contribution in [1.29, 1.82) is 0 Å². The second-order valence-corrected chi connectivity index (χ2v) is 59.6. The summed E-state index contributed by atoms with van der Waals surface area (Å²) in [6.45, 7) is 36.7. The fourth-order valence-corrected chi connectivity index (χ4v) is 22.4. The number of para-hydroxylation sites is 1. The molecule has 148 heavy (non-hydrogen) atoms. The molecule has 0 atom stereocenters. The van der Waals surface area contributed by atoms with E-state index in [1.165, 1.54) is 69.9 Å². The average Bonchev–Trinajstić information content (AvgIpc) is 1.60. The van der Waals surface area contributed by atoms with Gasteiger partial charge in [-0.05, 0) is 146 Å². The molecule has 24 rings (SSSR count). The first-order valence-corrected chi connectivity index (χ1v) is 62.4. The summed E-state index contributed by atoms with van der Waals surface area (Å²) < 4.78 is 25.0. The molecule has 0 amide bonds. The second-order valence-electron chi connectivity index (χ2n) is 39.4. The smallest absolute Gasteiger partial charge is 0.120 e. The van der Waals surface area contributed by atoms with Gasteiger partial charge in [-0.1, -0.05) is 288 Å². The molecule has 0 aliphatic carbocycles. The number of hydrogen-bond donors (Lipinski definition) is 0. The van der Waals surface area contributed by atoms with Crippen molar-refractivity contribution < 1.29 is 98.1 Å². The molecular weight excluding hydrogens is 2590 g/mol. The summed E-state index contributed by atoms with van der Waals surface area (Å²) in [7, 11) is -5.72. The normalized spacial score (nSPS) is 11.0. The van der Waals surface area contributed by atoms with Gasteiger partial charge in [-0.3, -0.25) is 0 Å². The number of aromatic nitrogens is 8. The van der Waals surface area contributed by atoms with Crippen molar-refractivity contribution >= 4 is 141 Å². The number of furan rings is 4. The SMILES string of the molecule is Cc1ccnc(-c2[c-]cc([Si](C)(C)C)c3c2oc2ccccc23)c1.Cc1ccnc(-c2[c-]ccc3c2oc2cc([Si](C)(C)C)ccc23)c1.Cc1ccnc(-c2[c-]ccc3c2oc2ccc([Si](C)(C)C)cc23)c1.Cc1ccnc(-c2[c-]ccc3c2oc2cccc([Si](C)(C)C)c23)c1.[Ir].[Ir].[Ir].[Ir].[c-]1ccccc1-c1ccccn1.[c-]1ccccc1-c1ccccn1.[c-]1ccccc1-c1ccccn1.[c-]1ccccc1-c1ccccn1. The third-order valence-corrected chi connectivity index (χ3v) is 32.5. The largest absolute Gasteiger partial charge is 0.501 e. The summed E-state index contributed by atoms with van der Waals surface area (Å²) in [6, 6.07) is 139. The Hall–Kier alpha value is -13.5. The van der Waals surface area contributed by atoms with Gasteiger partial charge in [-0.15, -0.1) is 215 Å². The fraction of sp³-hybridized carbons (Fsp3) is 0.125. The van der Waals surface area contributed by atoms with Crippen LogP contribution in [0.15, 0.2) is 407 Å². The number of hydrogen-bond acceptors (Lipinski definition) is 12. The number of pyridine rings is 8. The molecule has 0 bridgehead atoms. The molecule has 0 aliphatic rings. The van der Waals surface area contributed by atoms with Gasteiger partial charge in [0.1, 0.15) is 22.3 Å². The van der Waals surface area contributed by atoms with Crippen LogP contribution in [-0.2, 0) is 80.4 Å². The molecule has 748 valence electrons. The first kappa shape index (κ1) is 112. The van der Waals surface area contributed by atoms with E-state index < -0.39 is 32.3 Å². The summed E-state index contributed by atoms with van der Waals surface area (Å²) in [4.78, 5) is 34.9. The van der Waals surface area contributed by atoms with Crippen LogP contribution < -0.4 is 20.7 Å². The van der Waals surface area contributed by atoms with E-state index in [2.05, 4.69) is 310 Å². The van der Waals surface area contributed by atoms with Crippen molar-refractivity contribution in [3.63, 3.8) is 0 Å². The van der Waals surface area contributed by atoms with Gasteiger partial charge in [-0.25, -0.2) is 0 Å². The molecular formula is C128H112Ir4N8O4Si4-8. The van der Waals surface area contributed by atoms with Crippen LogP contribution in [0.4, 0.5) is 0 Å². The van der Waals surface area contributed by atoms with E-state index in [9.17, 15) is 0 Å². The van der Waals surface area contributed by atoms with Crippen LogP contribution in [0.1, 0.15) is 22.3 Å². The monoisotopic (exact) mass is 2710 g/mol. The minimum atomic E-state index is -1.53. The Morgan fingerprint density at radius 3 is 0.919 bits per heavy atom. The van der Waals surface area contributed by atoms with Crippen LogP contribution in [0.3, 0.4) is 0 Å². The van der Waals surface area contributed by atoms with Crippen molar-refractivity contribution in [1.82, 2.24) is 39.9 Å². The van der Waals surface area contributed by atoms with Gasteiger partial charge in [0.25, 0.3) is 0 Å². The van der Waals surface area contributed by atoms with Crippen LogP contribution in [0.25, 0.3) is 178 Å². The molecule has 4 radical (unpaired) electrons. The molecule has 12 heterocycles. The fourth-order valence-electron chi connectivity index (χ4n) is 16.9. The summed E-state index contributed by atoms with van der Waals surface area (Å²) in [6.07, 6.45) is 14.5. The topological polar surface area (TPSA) is 156 Å². The number of rotatable bonds is 12. The standard InChI is InChI=1S/4C21H20NOSi.4C11H8N.4Ir/c1-14-11-12-22-17(13-14)15-7-5-8-16-20-18(23-21(15)16)9-6-10-19(20)24(2,3)4;1-14-10-11-22-19(12-14)18-7-5-6-17-16-9-8-15(24(2,3)4)13-20(16)23-21(17)18;1-14-10-11-22-19(12-14)17-7-5-6-16-18-13-15(24(2,3)4)8-9-20(18)23-21(16)17;1-14-11-12-22-17(13-14)15-9-10-19(24(2,3)4)20-16-7-5-6-8-18(16)23-21(15)20;4*1-2-6-10(7-3-1)11-8-4-5-9-12-11;;;;/h3*5-6,8-13H,1-4H3;5-8,10-13H,1-4H3;4*1-6,8-9H;;;;/q8*-1;;;;. The maximum atomic E-state index is 6.26. The third kappa shape index (κ3) is 27.5. The zero-order chi connectivity index (χ0) is 100. The van der Waals surface area contributed by atoms with Gasteiger partial charge >= 0.3 is 0 Å². The van der Waals surface area contributed by atoms with Gasteiger partial charge < -0.3 is 57.5 Å². The van der Waals surface area contributed by atoms with E-state index in [1.807, 2.05) is 249 Å². The summed E-state index contributed by atoms with van der Waals surface area (Å²) >= 11 is 0. The van der Waals surface area contributed by atoms with Crippen LogP contribution in [0, 0.1) is 76.2 Å². The van der Waals surface area contributed by atoms with Crippen molar-refractivity contribution in [2.24, 2.45) is 0 Å². The number of benzene rings is 12. The quantitative estimate of drug-likeness (QED) is 0.0844. The Bertz CT molecular complexity index is 7970. The molecule has 12 aromatic carbocycles. The molecule has 0 saturated heterocycles.